The summed E-state index contributed by atoms with van der Waals surface area (Å²) in [5, 5.41) is 4.76. The van der Waals surface area contributed by atoms with Crippen LogP contribution in [0.15, 0.2) is 17.5 Å². The Morgan fingerprint density at radius 3 is 3.06 bits per heavy atom. The van der Waals surface area contributed by atoms with Crippen molar-refractivity contribution in [1.82, 2.24) is 10.2 Å². The molecule has 98 valence electrons. The lowest BCUT2D eigenvalue weighted by molar-refractivity contribution is -0.124. The van der Waals surface area contributed by atoms with Gasteiger partial charge in [-0.15, -0.1) is 11.3 Å². The van der Waals surface area contributed by atoms with Crippen molar-refractivity contribution in [2.45, 2.75) is 32.2 Å². The molecule has 1 aromatic heterocycles. The third-order valence-corrected chi connectivity index (χ3v) is 3.96. The van der Waals surface area contributed by atoms with E-state index in [-0.39, 0.29) is 17.9 Å². The maximum atomic E-state index is 12.3. The van der Waals surface area contributed by atoms with Crippen LogP contribution in [-0.2, 0) is 4.79 Å². The van der Waals surface area contributed by atoms with Crippen molar-refractivity contribution in [1.29, 1.82) is 0 Å². The predicted octanol–water partition coefficient (Wildman–Crippen LogP) is 1.88. The Labute approximate surface area is 111 Å². The normalized spacial score (nSPS) is 18.9. The van der Waals surface area contributed by atoms with E-state index in [4.69, 9.17) is 0 Å². The number of hydrogen-bond donors (Lipinski definition) is 1. The van der Waals surface area contributed by atoms with Crippen LogP contribution in [0.4, 0.5) is 0 Å². The Hall–Kier alpha value is -1.36. The first-order chi connectivity index (χ1) is 8.74. The summed E-state index contributed by atoms with van der Waals surface area (Å²) in [6.45, 7) is 3.38. The molecular weight excluding hydrogens is 248 g/mol. The summed E-state index contributed by atoms with van der Waals surface area (Å²) in [6, 6.07) is 3.39. The highest BCUT2D eigenvalue weighted by molar-refractivity contribution is 7.12. The van der Waals surface area contributed by atoms with Crippen LogP contribution >= 0.6 is 11.3 Å². The summed E-state index contributed by atoms with van der Waals surface area (Å²) in [4.78, 5) is 26.7. The van der Waals surface area contributed by atoms with Crippen LogP contribution in [0, 0.1) is 0 Å². The second-order valence-electron chi connectivity index (χ2n) is 4.42. The number of thiophene rings is 1. The van der Waals surface area contributed by atoms with Gasteiger partial charge in [0, 0.05) is 13.1 Å². The predicted molar refractivity (Wildman–Crippen MR) is 71.7 cm³/mol. The molecule has 5 heteroatoms. The fourth-order valence-electron chi connectivity index (χ4n) is 2.19. The minimum atomic E-state index is -0.286. The molecule has 0 aliphatic carbocycles. The lowest BCUT2D eigenvalue weighted by atomic mass is 10.2. The van der Waals surface area contributed by atoms with Gasteiger partial charge in [-0.05, 0) is 30.7 Å². The van der Waals surface area contributed by atoms with Crippen molar-refractivity contribution in [3.05, 3.63) is 22.4 Å². The van der Waals surface area contributed by atoms with Crippen molar-refractivity contribution in [2.75, 3.05) is 13.1 Å². The fourth-order valence-corrected chi connectivity index (χ4v) is 2.87. The van der Waals surface area contributed by atoms with Crippen molar-refractivity contribution in [3.63, 3.8) is 0 Å². The average Bonchev–Trinajstić information content (AvgIpc) is 3.04. The smallest absolute Gasteiger partial charge is 0.264 e. The highest BCUT2D eigenvalue weighted by Crippen LogP contribution is 2.22. The quantitative estimate of drug-likeness (QED) is 0.904. The SMILES string of the molecule is CCCNC(=O)C1CCCN1C(=O)c1cccs1. The lowest BCUT2D eigenvalue weighted by Gasteiger charge is -2.23. The minimum absolute atomic E-state index is 0.0146. The highest BCUT2D eigenvalue weighted by Gasteiger charge is 2.34. The van der Waals surface area contributed by atoms with Crippen LogP contribution in [0.2, 0.25) is 0 Å². The van der Waals surface area contributed by atoms with E-state index in [9.17, 15) is 9.59 Å². The Kier molecular flexibility index (Phi) is 4.36. The van der Waals surface area contributed by atoms with Gasteiger partial charge in [-0.1, -0.05) is 13.0 Å². The standard InChI is InChI=1S/C13H18N2O2S/c1-2-7-14-12(16)10-5-3-8-15(10)13(17)11-6-4-9-18-11/h4,6,9-10H,2-3,5,7-8H2,1H3,(H,14,16). The maximum Gasteiger partial charge on any atom is 0.264 e. The van der Waals surface area contributed by atoms with Crippen molar-refractivity contribution in [2.24, 2.45) is 0 Å². The molecular formula is C13H18N2O2S. The number of nitrogens with zero attached hydrogens (tertiary/aromatic N) is 1. The van der Waals surface area contributed by atoms with Crippen LogP contribution in [0.3, 0.4) is 0 Å². The summed E-state index contributed by atoms with van der Waals surface area (Å²) >= 11 is 1.43. The van der Waals surface area contributed by atoms with Crippen LogP contribution in [0.1, 0.15) is 35.9 Å². The second kappa shape index (κ2) is 6.00. The summed E-state index contributed by atoms with van der Waals surface area (Å²) < 4.78 is 0. The topological polar surface area (TPSA) is 49.4 Å². The molecule has 4 nitrogen and oxygen atoms in total. The lowest BCUT2D eigenvalue weighted by Crippen LogP contribution is -2.45. The van der Waals surface area contributed by atoms with Gasteiger partial charge in [0.25, 0.3) is 5.91 Å². The number of likely N-dealkylation sites (tertiary alicyclic amines) is 1. The first-order valence-electron chi connectivity index (χ1n) is 6.36. The molecule has 1 aliphatic rings. The summed E-state index contributed by atoms with van der Waals surface area (Å²) in [7, 11) is 0. The van der Waals surface area contributed by atoms with Gasteiger partial charge in [-0.3, -0.25) is 9.59 Å². The Bertz CT molecular complexity index is 417. The Morgan fingerprint density at radius 2 is 2.39 bits per heavy atom. The number of carbonyl (C=O) groups excluding carboxylic acids is 2. The molecule has 0 aromatic carbocycles. The molecule has 1 aromatic rings. The number of rotatable bonds is 4. The van der Waals surface area contributed by atoms with Gasteiger partial charge in [0.15, 0.2) is 0 Å². The molecule has 0 bridgehead atoms. The number of nitrogens with one attached hydrogen (secondary N) is 1. The first-order valence-corrected chi connectivity index (χ1v) is 7.24. The van der Waals surface area contributed by atoms with E-state index in [2.05, 4.69) is 5.32 Å². The molecule has 0 spiro atoms. The third kappa shape index (κ3) is 2.72. The van der Waals surface area contributed by atoms with Gasteiger partial charge < -0.3 is 10.2 Å². The van der Waals surface area contributed by atoms with Gasteiger partial charge in [0.05, 0.1) is 4.88 Å². The summed E-state index contributed by atoms with van der Waals surface area (Å²) in [6.07, 6.45) is 2.59. The van der Waals surface area contributed by atoms with E-state index >= 15 is 0 Å². The van der Waals surface area contributed by atoms with Gasteiger partial charge in [-0.2, -0.15) is 0 Å². The van der Waals surface area contributed by atoms with Crippen LogP contribution in [0.25, 0.3) is 0 Å². The third-order valence-electron chi connectivity index (χ3n) is 3.10. The van der Waals surface area contributed by atoms with Crippen molar-refractivity contribution in [3.8, 4) is 0 Å². The molecule has 2 rings (SSSR count). The van der Waals surface area contributed by atoms with E-state index in [1.165, 1.54) is 11.3 Å². The van der Waals surface area contributed by atoms with E-state index < -0.39 is 0 Å². The van der Waals surface area contributed by atoms with E-state index in [0.717, 1.165) is 19.3 Å². The van der Waals surface area contributed by atoms with Gasteiger partial charge in [0.2, 0.25) is 5.91 Å². The Morgan fingerprint density at radius 1 is 1.56 bits per heavy atom. The molecule has 2 amide bonds. The fraction of sp³-hybridized carbons (Fsp3) is 0.538. The summed E-state index contributed by atoms with van der Waals surface area (Å²) in [5.74, 6) is -0.0293. The molecule has 0 saturated carbocycles. The number of carbonyl (C=O) groups is 2. The molecule has 1 saturated heterocycles. The van der Waals surface area contributed by atoms with E-state index in [1.54, 1.807) is 4.90 Å². The average molecular weight is 266 g/mol. The second-order valence-corrected chi connectivity index (χ2v) is 5.37. The molecule has 1 N–H and O–H groups in total. The van der Waals surface area contributed by atoms with Crippen LogP contribution in [-0.4, -0.2) is 35.8 Å². The van der Waals surface area contributed by atoms with Crippen molar-refractivity contribution < 1.29 is 9.59 Å². The van der Waals surface area contributed by atoms with E-state index in [1.807, 2.05) is 24.4 Å². The molecule has 18 heavy (non-hydrogen) atoms. The Balaban J connectivity index is 2.03. The first kappa shape index (κ1) is 13.1. The minimum Gasteiger partial charge on any atom is -0.354 e. The van der Waals surface area contributed by atoms with Gasteiger partial charge in [-0.25, -0.2) is 0 Å². The zero-order chi connectivity index (χ0) is 13.0. The maximum absolute atomic E-state index is 12.3. The van der Waals surface area contributed by atoms with E-state index in [0.29, 0.717) is 18.0 Å². The molecule has 1 unspecified atom stereocenters. The number of amides is 2. The zero-order valence-electron chi connectivity index (χ0n) is 10.5. The van der Waals surface area contributed by atoms with Gasteiger partial charge >= 0.3 is 0 Å². The molecule has 2 heterocycles. The molecule has 1 fully saturated rings. The highest BCUT2D eigenvalue weighted by atomic mass is 32.1. The molecule has 1 aliphatic heterocycles. The van der Waals surface area contributed by atoms with Crippen molar-refractivity contribution >= 4 is 23.2 Å². The van der Waals surface area contributed by atoms with Crippen LogP contribution in [0.5, 0.6) is 0 Å². The molecule has 1 atom stereocenters. The summed E-state index contributed by atoms with van der Waals surface area (Å²) in [5.41, 5.74) is 0. The van der Waals surface area contributed by atoms with Crippen LogP contribution < -0.4 is 5.32 Å². The molecule has 0 radical (unpaired) electrons. The monoisotopic (exact) mass is 266 g/mol. The largest absolute Gasteiger partial charge is 0.354 e. The number of hydrogen-bond acceptors (Lipinski definition) is 3. The zero-order valence-corrected chi connectivity index (χ0v) is 11.3. The van der Waals surface area contributed by atoms with Gasteiger partial charge in [0.1, 0.15) is 6.04 Å².